The summed E-state index contributed by atoms with van der Waals surface area (Å²) in [6.45, 7) is 0.414. The molecule has 4 heteroatoms. The van der Waals surface area contributed by atoms with Crippen LogP contribution >= 0.6 is 0 Å². The van der Waals surface area contributed by atoms with E-state index in [2.05, 4.69) is 4.98 Å². The Morgan fingerprint density at radius 3 is 3.00 bits per heavy atom. The summed E-state index contributed by atoms with van der Waals surface area (Å²) in [5, 5.41) is 0. The molecular formula is C14H9FN2O. The summed E-state index contributed by atoms with van der Waals surface area (Å²) >= 11 is 0. The van der Waals surface area contributed by atoms with Crippen molar-refractivity contribution in [2.75, 3.05) is 0 Å². The summed E-state index contributed by atoms with van der Waals surface area (Å²) < 4.78 is 20.7. The zero-order valence-electron chi connectivity index (χ0n) is 9.43. The quantitative estimate of drug-likeness (QED) is 0.603. The second-order valence-corrected chi connectivity index (χ2v) is 4.27. The molecule has 4 rings (SSSR count). The van der Waals surface area contributed by atoms with E-state index in [0.29, 0.717) is 6.61 Å². The number of para-hydroxylation sites is 1. The highest BCUT2D eigenvalue weighted by Gasteiger charge is 2.22. The maximum Gasteiger partial charge on any atom is 0.139 e. The van der Waals surface area contributed by atoms with Gasteiger partial charge in [-0.1, -0.05) is 12.1 Å². The number of imidazole rings is 1. The third kappa shape index (κ3) is 1.20. The Bertz CT molecular complexity index is 764. The number of nitrogens with zero attached hydrogens (tertiary/aromatic N) is 2. The normalized spacial score (nSPS) is 12.9. The van der Waals surface area contributed by atoms with E-state index < -0.39 is 0 Å². The third-order valence-electron chi connectivity index (χ3n) is 3.19. The first kappa shape index (κ1) is 9.65. The first-order chi connectivity index (χ1) is 8.83. The van der Waals surface area contributed by atoms with Crippen LogP contribution in [0.15, 0.2) is 42.6 Å². The topological polar surface area (TPSA) is 26.5 Å². The monoisotopic (exact) mass is 240 g/mol. The minimum atomic E-state index is -0.276. The molecule has 88 valence electrons. The lowest BCUT2D eigenvalue weighted by molar-refractivity contribution is 0.296. The van der Waals surface area contributed by atoms with Crippen LogP contribution in [0.25, 0.3) is 16.9 Å². The van der Waals surface area contributed by atoms with Gasteiger partial charge in [0.1, 0.15) is 23.8 Å². The minimum absolute atomic E-state index is 0.276. The summed E-state index contributed by atoms with van der Waals surface area (Å²) in [6, 6.07) is 10.9. The molecule has 3 heterocycles. The number of ether oxygens (including phenoxy) is 1. The maximum absolute atomic E-state index is 13.3. The van der Waals surface area contributed by atoms with Crippen LogP contribution in [0.3, 0.4) is 0 Å². The molecule has 0 radical (unpaired) electrons. The molecule has 0 unspecified atom stereocenters. The average molecular weight is 240 g/mol. The standard InChI is InChI=1S/C14H9FN2O/c15-9-5-6-13-16-14-10-3-1-2-4-12(10)18-8-11(14)17(13)7-9/h1-7H,8H2. The Kier molecular flexibility index (Phi) is 1.78. The van der Waals surface area contributed by atoms with Gasteiger partial charge in [0, 0.05) is 11.8 Å². The highest BCUT2D eigenvalue weighted by atomic mass is 19.1. The number of benzene rings is 1. The van der Waals surface area contributed by atoms with Crippen molar-refractivity contribution >= 4 is 5.65 Å². The van der Waals surface area contributed by atoms with Crippen LogP contribution in [0.1, 0.15) is 5.69 Å². The highest BCUT2D eigenvalue weighted by molar-refractivity contribution is 5.73. The van der Waals surface area contributed by atoms with Gasteiger partial charge in [-0.05, 0) is 24.3 Å². The number of halogens is 1. The van der Waals surface area contributed by atoms with Crippen molar-refractivity contribution in [3.63, 3.8) is 0 Å². The Morgan fingerprint density at radius 1 is 1.17 bits per heavy atom. The fraction of sp³-hybridized carbons (Fsp3) is 0.0714. The summed E-state index contributed by atoms with van der Waals surface area (Å²) in [6.07, 6.45) is 1.44. The number of hydrogen-bond donors (Lipinski definition) is 0. The van der Waals surface area contributed by atoms with Crippen LogP contribution in [-0.2, 0) is 6.61 Å². The number of pyridine rings is 1. The Hall–Kier alpha value is -2.36. The molecule has 0 fully saturated rings. The average Bonchev–Trinajstić information content (AvgIpc) is 2.77. The molecule has 1 aromatic carbocycles. The van der Waals surface area contributed by atoms with Gasteiger partial charge in [0.25, 0.3) is 0 Å². The lowest BCUT2D eigenvalue weighted by atomic mass is 10.1. The molecule has 3 aromatic rings. The van der Waals surface area contributed by atoms with Crippen molar-refractivity contribution in [3.05, 3.63) is 54.1 Å². The van der Waals surface area contributed by atoms with E-state index in [0.717, 1.165) is 28.3 Å². The second-order valence-electron chi connectivity index (χ2n) is 4.27. The molecule has 0 amide bonds. The Morgan fingerprint density at radius 2 is 2.06 bits per heavy atom. The molecule has 0 spiro atoms. The summed E-state index contributed by atoms with van der Waals surface area (Å²) in [5.41, 5.74) is 3.47. The van der Waals surface area contributed by atoms with Crippen molar-refractivity contribution in [2.24, 2.45) is 0 Å². The fourth-order valence-corrected chi connectivity index (χ4v) is 2.36. The molecule has 3 nitrogen and oxygen atoms in total. The fourth-order valence-electron chi connectivity index (χ4n) is 2.36. The zero-order valence-corrected chi connectivity index (χ0v) is 9.43. The molecular weight excluding hydrogens is 231 g/mol. The van der Waals surface area contributed by atoms with Crippen molar-refractivity contribution in [2.45, 2.75) is 6.61 Å². The van der Waals surface area contributed by atoms with Crippen LogP contribution < -0.4 is 4.74 Å². The van der Waals surface area contributed by atoms with E-state index >= 15 is 0 Å². The third-order valence-corrected chi connectivity index (χ3v) is 3.19. The number of hydrogen-bond acceptors (Lipinski definition) is 2. The van der Waals surface area contributed by atoms with Crippen LogP contribution in [-0.4, -0.2) is 9.38 Å². The SMILES string of the molecule is Fc1ccc2nc3c(n2c1)COc1ccccc1-3. The van der Waals surface area contributed by atoms with Crippen molar-refractivity contribution in [3.8, 4) is 17.0 Å². The van der Waals surface area contributed by atoms with Crippen LogP contribution in [0.2, 0.25) is 0 Å². The summed E-state index contributed by atoms with van der Waals surface area (Å²) in [5.74, 6) is 0.551. The van der Waals surface area contributed by atoms with Gasteiger partial charge in [-0.15, -0.1) is 0 Å². The molecule has 0 saturated carbocycles. The van der Waals surface area contributed by atoms with Gasteiger partial charge in [0.2, 0.25) is 0 Å². The molecule has 0 atom stereocenters. The van der Waals surface area contributed by atoms with Crippen LogP contribution in [0.4, 0.5) is 4.39 Å². The molecule has 1 aliphatic rings. The molecule has 0 bridgehead atoms. The largest absolute Gasteiger partial charge is 0.487 e. The van der Waals surface area contributed by atoms with Gasteiger partial charge in [-0.25, -0.2) is 9.37 Å². The van der Waals surface area contributed by atoms with Gasteiger partial charge in [0.15, 0.2) is 0 Å². The van der Waals surface area contributed by atoms with Gasteiger partial charge >= 0.3 is 0 Å². The lowest BCUT2D eigenvalue weighted by Gasteiger charge is -2.16. The number of fused-ring (bicyclic) bond motifs is 5. The van der Waals surface area contributed by atoms with Crippen molar-refractivity contribution < 1.29 is 9.13 Å². The van der Waals surface area contributed by atoms with Crippen LogP contribution in [0, 0.1) is 5.82 Å². The van der Waals surface area contributed by atoms with Gasteiger partial charge in [-0.3, -0.25) is 4.40 Å². The van der Waals surface area contributed by atoms with Crippen LogP contribution in [0.5, 0.6) is 5.75 Å². The van der Waals surface area contributed by atoms with Gasteiger partial charge in [-0.2, -0.15) is 0 Å². The molecule has 0 saturated heterocycles. The summed E-state index contributed by atoms with van der Waals surface area (Å²) in [7, 11) is 0. The van der Waals surface area contributed by atoms with E-state index in [4.69, 9.17) is 4.74 Å². The molecule has 0 N–H and O–H groups in total. The molecule has 18 heavy (non-hydrogen) atoms. The van der Waals surface area contributed by atoms with E-state index in [1.54, 1.807) is 10.5 Å². The Balaban J connectivity index is 2.08. The predicted molar refractivity (Wildman–Crippen MR) is 64.9 cm³/mol. The van der Waals surface area contributed by atoms with E-state index in [9.17, 15) is 4.39 Å². The van der Waals surface area contributed by atoms with Gasteiger partial charge < -0.3 is 4.74 Å². The first-order valence-electron chi connectivity index (χ1n) is 5.71. The smallest absolute Gasteiger partial charge is 0.139 e. The summed E-state index contributed by atoms with van der Waals surface area (Å²) in [4.78, 5) is 4.55. The van der Waals surface area contributed by atoms with Crippen molar-refractivity contribution in [1.29, 1.82) is 0 Å². The predicted octanol–water partition coefficient (Wildman–Crippen LogP) is 3.03. The lowest BCUT2D eigenvalue weighted by Crippen LogP contribution is -2.07. The van der Waals surface area contributed by atoms with E-state index in [1.807, 2.05) is 24.3 Å². The second kappa shape index (κ2) is 3.32. The number of aromatic nitrogens is 2. The molecule has 1 aliphatic heterocycles. The first-order valence-corrected chi connectivity index (χ1v) is 5.71. The molecule has 0 aliphatic carbocycles. The highest BCUT2D eigenvalue weighted by Crippen LogP contribution is 2.36. The van der Waals surface area contributed by atoms with Gasteiger partial charge in [0.05, 0.1) is 11.4 Å². The van der Waals surface area contributed by atoms with E-state index in [-0.39, 0.29) is 5.82 Å². The van der Waals surface area contributed by atoms with E-state index in [1.165, 1.54) is 12.3 Å². The Labute approximate surface area is 102 Å². The van der Waals surface area contributed by atoms with Crippen molar-refractivity contribution in [1.82, 2.24) is 9.38 Å². The minimum Gasteiger partial charge on any atom is -0.487 e. The zero-order chi connectivity index (χ0) is 12.1. The maximum atomic E-state index is 13.3. The number of rotatable bonds is 0. The molecule has 2 aromatic heterocycles.